The Bertz CT molecular complexity index is 606. The van der Waals surface area contributed by atoms with E-state index in [4.69, 9.17) is 0 Å². The molecule has 0 bridgehead atoms. The van der Waals surface area contributed by atoms with E-state index >= 15 is 0 Å². The third-order valence-electron chi connectivity index (χ3n) is 4.77. The molecule has 1 saturated heterocycles. The van der Waals surface area contributed by atoms with Gasteiger partial charge in [-0.05, 0) is 43.0 Å². The van der Waals surface area contributed by atoms with Crippen molar-refractivity contribution in [3.05, 3.63) is 47.8 Å². The molecule has 1 aliphatic heterocycles. The van der Waals surface area contributed by atoms with E-state index in [2.05, 4.69) is 50.3 Å². The molecule has 22 heavy (non-hydrogen) atoms. The largest absolute Gasteiger partial charge is 0.314 e. The number of nitrogens with one attached hydrogen (secondary N) is 1. The van der Waals surface area contributed by atoms with Gasteiger partial charge < -0.3 is 10.2 Å². The van der Waals surface area contributed by atoms with Crippen molar-refractivity contribution in [2.24, 2.45) is 0 Å². The maximum absolute atomic E-state index is 4.50. The van der Waals surface area contributed by atoms with Crippen molar-refractivity contribution in [1.29, 1.82) is 0 Å². The topological polar surface area (TPSA) is 33.1 Å². The smallest absolute Gasteiger partial charge is 0.0649 e. The van der Waals surface area contributed by atoms with Crippen LogP contribution in [0.5, 0.6) is 0 Å². The first-order valence-corrected chi connectivity index (χ1v) is 8.46. The predicted molar refractivity (Wildman–Crippen MR) is 88.6 cm³/mol. The molecule has 2 heterocycles. The molecule has 0 atom stereocenters. The molecule has 0 amide bonds. The molecule has 4 heteroatoms. The lowest BCUT2D eigenvalue weighted by atomic mass is 10.1. The van der Waals surface area contributed by atoms with Crippen molar-refractivity contribution < 1.29 is 0 Å². The molecule has 2 fully saturated rings. The average Bonchev–Trinajstić information content (AvgIpc) is 3.31. The average molecular weight is 296 g/mol. The zero-order chi connectivity index (χ0) is 14.8. The van der Waals surface area contributed by atoms with Crippen molar-refractivity contribution in [1.82, 2.24) is 20.0 Å². The highest BCUT2D eigenvalue weighted by atomic mass is 15.3. The van der Waals surface area contributed by atoms with Gasteiger partial charge in [0.05, 0.1) is 5.69 Å². The van der Waals surface area contributed by atoms with Crippen molar-refractivity contribution in [2.45, 2.75) is 25.2 Å². The van der Waals surface area contributed by atoms with Gasteiger partial charge in [0.15, 0.2) is 0 Å². The highest BCUT2D eigenvalue weighted by molar-refractivity contribution is 5.37. The fourth-order valence-electron chi connectivity index (χ4n) is 3.24. The SMILES string of the molecule is c1cc(C2CC2)n(-c2ccc(CCN3CCNCC3)cc2)n1. The Kier molecular flexibility index (Phi) is 3.95. The highest BCUT2D eigenvalue weighted by Gasteiger charge is 2.27. The molecule has 4 nitrogen and oxygen atoms in total. The van der Waals surface area contributed by atoms with Crippen LogP contribution in [0.1, 0.15) is 30.0 Å². The zero-order valence-corrected chi connectivity index (χ0v) is 13.0. The quantitative estimate of drug-likeness (QED) is 0.918. The van der Waals surface area contributed by atoms with Gasteiger partial charge in [0.2, 0.25) is 0 Å². The number of hydrogen-bond acceptors (Lipinski definition) is 3. The van der Waals surface area contributed by atoms with Gasteiger partial charge in [-0.25, -0.2) is 4.68 Å². The summed E-state index contributed by atoms with van der Waals surface area (Å²) in [6.07, 6.45) is 5.68. The normalized spacial score (nSPS) is 19.5. The van der Waals surface area contributed by atoms with Crippen LogP contribution in [-0.4, -0.2) is 47.4 Å². The van der Waals surface area contributed by atoms with Gasteiger partial charge in [0, 0.05) is 50.5 Å². The number of nitrogens with zero attached hydrogens (tertiary/aromatic N) is 3. The van der Waals surface area contributed by atoms with E-state index in [-0.39, 0.29) is 0 Å². The Hall–Kier alpha value is -1.65. The maximum atomic E-state index is 4.50. The van der Waals surface area contributed by atoms with Crippen molar-refractivity contribution in [2.75, 3.05) is 32.7 Å². The van der Waals surface area contributed by atoms with Crippen LogP contribution in [0.2, 0.25) is 0 Å². The van der Waals surface area contributed by atoms with Gasteiger partial charge in [0.25, 0.3) is 0 Å². The lowest BCUT2D eigenvalue weighted by molar-refractivity contribution is 0.244. The molecule has 2 aliphatic rings. The van der Waals surface area contributed by atoms with Gasteiger partial charge in [-0.1, -0.05) is 12.1 Å². The molecular formula is C18H24N4. The summed E-state index contributed by atoms with van der Waals surface area (Å²) in [5.74, 6) is 0.731. The fraction of sp³-hybridized carbons (Fsp3) is 0.500. The summed E-state index contributed by atoms with van der Waals surface area (Å²) in [5, 5.41) is 7.90. The molecule has 116 valence electrons. The molecule has 0 spiro atoms. The maximum Gasteiger partial charge on any atom is 0.0649 e. The van der Waals surface area contributed by atoms with Crippen LogP contribution in [0, 0.1) is 0 Å². The third kappa shape index (κ3) is 3.08. The molecule has 1 saturated carbocycles. The second-order valence-electron chi connectivity index (χ2n) is 6.45. The summed E-state index contributed by atoms with van der Waals surface area (Å²) in [7, 11) is 0. The Morgan fingerprint density at radius 2 is 1.82 bits per heavy atom. The van der Waals surface area contributed by atoms with Gasteiger partial charge in [-0.2, -0.15) is 5.10 Å². The van der Waals surface area contributed by atoms with Gasteiger partial charge in [-0.3, -0.25) is 0 Å². The summed E-state index contributed by atoms with van der Waals surface area (Å²) in [4.78, 5) is 2.54. The molecule has 1 aromatic carbocycles. The van der Waals surface area contributed by atoms with Gasteiger partial charge in [-0.15, -0.1) is 0 Å². The van der Waals surface area contributed by atoms with E-state index in [0.717, 1.165) is 32.0 Å². The molecule has 4 rings (SSSR count). The Labute approximate surface area is 132 Å². The van der Waals surface area contributed by atoms with E-state index in [1.807, 2.05) is 6.20 Å². The monoisotopic (exact) mass is 296 g/mol. The number of hydrogen-bond donors (Lipinski definition) is 1. The van der Waals surface area contributed by atoms with E-state index in [1.165, 1.54) is 42.9 Å². The second kappa shape index (κ2) is 6.23. The third-order valence-corrected chi connectivity index (χ3v) is 4.77. The zero-order valence-electron chi connectivity index (χ0n) is 13.0. The van der Waals surface area contributed by atoms with Crippen LogP contribution in [-0.2, 0) is 6.42 Å². The van der Waals surface area contributed by atoms with Crippen LogP contribution >= 0.6 is 0 Å². The number of piperazine rings is 1. The van der Waals surface area contributed by atoms with Crippen molar-refractivity contribution >= 4 is 0 Å². The molecule has 1 aromatic heterocycles. The Balaban J connectivity index is 1.40. The lowest BCUT2D eigenvalue weighted by Gasteiger charge is -2.27. The van der Waals surface area contributed by atoms with E-state index < -0.39 is 0 Å². The van der Waals surface area contributed by atoms with Crippen molar-refractivity contribution in [3.8, 4) is 5.69 Å². The minimum Gasteiger partial charge on any atom is -0.314 e. The first-order chi connectivity index (χ1) is 10.9. The molecule has 1 N–H and O–H groups in total. The fourth-order valence-corrected chi connectivity index (χ4v) is 3.24. The van der Waals surface area contributed by atoms with Crippen LogP contribution in [0.15, 0.2) is 36.5 Å². The molecule has 1 aliphatic carbocycles. The van der Waals surface area contributed by atoms with Gasteiger partial charge >= 0.3 is 0 Å². The summed E-state index contributed by atoms with van der Waals surface area (Å²) in [6.45, 7) is 5.77. The van der Waals surface area contributed by atoms with E-state index in [0.29, 0.717) is 0 Å². The summed E-state index contributed by atoms with van der Waals surface area (Å²) in [5.41, 5.74) is 3.98. The minimum atomic E-state index is 0.731. The second-order valence-corrected chi connectivity index (χ2v) is 6.45. The number of rotatable bonds is 5. The molecule has 2 aromatic rings. The van der Waals surface area contributed by atoms with Crippen LogP contribution in [0.4, 0.5) is 0 Å². The molecular weight excluding hydrogens is 272 g/mol. The van der Waals surface area contributed by atoms with E-state index in [9.17, 15) is 0 Å². The number of aromatic nitrogens is 2. The summed E-state index contributed by atoms with van der Waals surface area (Å²) < 4.78 is 2.11. The summed E-state index contributed by atoms with van der Waals surface area (Å²) in [6, 6.07) is 11.1. The van der Waals surface area contributed by atoms with Crippen molar-refractivity contribution in [3.63, 3.8) is 0 Å². The lowest BCUT2D eigenvalue weighted by Crippen LogP contribution is -2.44. The van der Waals surface area contributed by atoms with E-state index in [1.54, 1.807) is 0 Å². The van der Waals surface area contributed by atoms with Crippen LogP contribution in [0.25, 0.3) is 5.69 Å². The molecule has 0 unspecified atom stereocenters. The Morgan fingerprint density at radius 1 is 1.05 bits per heavy atom. The predicted octanol–water partition coefficient (Wildman–Crippen LogP) is 2.20. The minimum absolute atomic E-state index is 0.731. The van der Waals surface area contributed by atoms with Crippen LogP contribution in [0.3, 0.4) is 0 Å². The Morgan fingerprint density at radius 3 is 2.55 bits per heavy atom. The standard InChI is InChI=1S/C18H24N4/c1-5-17(22-18(7-9-20-22)16-3-4-16)6-2-15(1)8-12-21-13-10-19-11-14-21/h1-2,5-7,9,16,19H,3-4,8,10-14H2. The summed E-state index contributed by atoms with van der Waals surface area (Å²) >= 11 is 0. The number of benzene rings is 1. The highest BCUT2D eigenvalue weighted by Crippen LogP contribution is 2.40. The van der Waals surface area contributed by atoms with Gasteiger partial charge in [0.1, 0.15) is 0 Å². The van der Waals surface area contributed by atoms with Crippen LogP contribution < -0.4 is 5.32 Å². The molecule has 0 radical (unpaired) electrons. The first-order valence-electron chi connectivity index (χ1n) is 8.46. The first kappa shape index (κ1) is 14.0.